The van der Waals surface area contributed by atoms with Gasteiger partial charge in [0.05, 0.1) is 71.7 Å². The van der Waals surface area contributed by atoms with Gasteiger partial charge in [-0.2, -0.15) is 82.3 Å². The number of fused-ring (bicyclic) bond motifs is 7. The lowest BCUT2D eigenvalue weighted by atomic mass is 10.1. The monoisotopic (exact) mass is 1930 g/mol. The second-order valence-corrected chi connectivity index (χ2v) is 31.1. The molecule has 0 fully saturated rings. The molecule has 47 heteroatoms. The number of nitrogens with one attached hydrogen (secondary N) is 4. The number of aryl methyl sites for hydroxylation is 3. The van der Waals surface area contributed by atoms with Gasteiger partial charge in [-0.3, -0.25) is 33.5 Å². The summed E-state index contributed by atoms with van der Waals surface area (Å²) < 4.78 is 185. The number of halogens is 14. The standard InChI is InChI=1S/C24H19F5N6O2.C24H22F2N6O2.C22H17ClF3N7O.C21H16F3N5O4/c1-33-11-15-10-17(5-8-19(15)32-33)34-12-14-2-9-20(30-13-24(27,28)29)31-21(14)35(23(34)36)16-3-6-18(7-4-16)37-22(25)26;1-3-27-21-11-4-15-14-31(18-7-10-20-16(12-18)13-30(2)29-20)24(33)32(22(15)28-21)17-5-8-19(9-6-17)34-23(25)26;1-31-10-13-8-17(6-7-18(13)30-31)32-11-14-9-27-20(28-12-22(24,25)26)29-19(14)33(21(32)34)16-4-2-15(23)3-5-16;1-33-15-8-4-13(5-9-15)29-18(31)16-10-25-19(26-11-21(22,23)24)27-17(16)28(20(29)32)12-2-6-14(30)7-3-12/h2-11,22H,12-13H2,1H3,(H,30,31);4-13,23H,3,14H2,1-2H3,(H,27,28);2-10H,11-12H2,1H3,(H,27,28,29);2-10,30H,11H2,1H3,(H,25,26,27). The third kappa shape index (κ3) is 21.3. The molecule has 3 aliphatic rings. The Kier molecular flexibility index (Phi) is 26.7. The van der Waals surface area contributed by atoms with E-state index in [2.05, 4.69) is 70.6 Å². The van der Waals surface area contributed by atoms with Crippen LogP contribution in [0.4, 0.5) is 147 Å². The van der Waals surface area contributed by atoms with Gasteiger partial charge in [-0.1, -0.05) is 11.6 Å². The Morgan fingerprint density at radius 1 is 0.413 bits per heavy atom. The van der Waals surface area contributed by atoms with Crippen molar-refractivity contribution < 1.29 is 90.8 Å². The van der Waals surface area contributed by atoms with Crippen LogP contribution >= 0.6 is 11.6 Å². The van der Waals surface area contributed by atoms with Gasteiger partial charge in [-0.15, -0.1) is 0 Å². The highest BCUT2D eigenvalue weighted by Crippen LogP contribution is 2.43. The summed E-state index contributed by atoms with van der Waals surface area (Å²) in [6.45, 7) is -6.72. The van der Waals surface area contributed by atoms with Crippen molar-refractivity contribution in [2.45, 2.75) is 58.3 Å². The van der Waals surface area contributed by atoms with Crippen LogP contribution in [0, 0.1) is 0 Å². The first-order valence-corrected chi connectivity index (χ1v) is 41.7. The number of phenols is 1. The Morgan fingerprint density at radius 3 is 1.20 bits per heavy atom. The number of anilines is 13. The molecule has 0 unspecified atom stereocenters. The zero-order valence-electron chi connectivity index (χ0n) is 72.5. The molecular weight excluding hydrogens is 1860 g/mol. The Labute approximate surface area is 775 Å². The second kappa shape index (κ2) is 39.0. The van der Waals surface area contributed by atoms with E-state index < -0.39 is 80.6 Å². The van der Waals surface area contributed by atoms with Crippen LogP contribution in [-0.4, -0.2) is 157 Å². The molecule has 8 aromatic carbocycles. The number of pyridine rings is 2. The van der Waals surface area contributed by atoms with Gasteiger partial charge in [0, 0.05) is 114 Å². The van der Waals surface area contributed by atoms with Gasteiger partial charge < -0.3 is 40.6 Å². The molecule has 16 aromatic rings. The van der Waals surface area contributed by atoms with Crippen molar-refractivity contribution in [2.24, 2.45) is 21.1 Å². The van der Waals surface area contributed by atoms with Gasteiger partial charge in [-0.25, -0.2) is 62.9 Å². The van der Waals surface area contributed by atoms with Crippen LogP contribution in [0.1, 0.15) is 23.6 Å². The number of carbonyl (C=O) groups is 3. The minimum Gasteiger partial charge on any atom is -0.508 e. The molecule has 710 valence electrons. The predicted octanol–water partition coefficient (Wildman–Crippen LogP) is 19.0. The number of benzene rings is 8. The quantitative estimate of drug-likeness (QED) is 0.0417. The Morgan fingerprint density at radius 2 is 0.775 bits per heavy atom. The summed E-state index contributed by atoms with van der Waals surface area (Å²) in [6.07, 6.45) is -5.40. The maximum Gasteiger partial charge on any atom is 0.405 e. The van der Waals surface area contributed by atoms with Crippen LogP contribution in [-0.2, 0) is 40.8 Å². The molecular formula is C91H74ClF13N24O9. The van der Waals surface area contributed by atoms with E-state index in [9.17, 15) is 86.2 Å². The van der Waals surface area contributed by atoms with Gasteiger partial charge in [0.1, 0.15) is 71.3 Å². The minimum absolute atomic E-state index is 0.0108. The zero-order chi connectivity index (χ0) is 97.9. The van der Waals surface area contributed by atoms with Crippen molar-refractivity contribution >= 4 is 149 Å². The van der Waals surface area contributed by atoms with E-state index in [0.717, 1.165) is 59.3 Å². The molecule has 19 rings (SSSR count). The lowest BCUT2D eigenvalue weighted by Crippen LogP contribution is -2.45. The molecule has 0 atom stereocenters. The number of aromatic hydroxyl groups is 1. The number of ether oxygens (including phenoxy) is 3. The average Bonchev–Trinajstić information content (AvgIpc) is 1.23. The smallest absolute Gasteiger partial charge is 0.405 e. The van der Waals surface area contributed by atoms with Gasteiger partial charge in [0.15, 0.2) is 11.5 Å². The summed E-state index contributed by atoms with van der Waals surface area (Å²) in [5.74, 6) is 1.08. The van der Waals surface area contributed by atoms with Crippen LogP contribution < -0.4 is 76.1 Å². The Bertz CT molecular complexity index is 7360. The van der Waals surface area contributed by atoms with E-state index in [-0.39, 0.29) is 87.9 Å². The van der Waals surface area contributed by atoms with Crippen LogP contribution in [0.2, 0.25) is 5.02 Å². The number of rotatable bonds is 21. The lowest BCUT2D eigenvalue weighted by molar-refractivity contribution is -0.116. The van der Waals surface area contributed by atoms with Gasteiger partial charge in [0.2, 0.25) is 11.9 Å². The number of amides is 6. The molecule has 8 aromatic heterocycles. The molecule has 0 spiro atoms. The van der Waals surface area contributed by atoms with Gasteiger partial charge >= 0.3 is 55.5 Å². The molecule has 11 heterocycles. The van der Waals surface area contributed by atoms with Crippen molar-refractivity contribution in [1.29, 1.82) is 0 Å². The first-order valence-electron chi connectivity index (χ1n) is 41.4. The van der Waals surface area contributed by atoms with Crippen LogP contribution in [0.15, 0.2) is 241 Å². The second-order valence-electron chi connectivity index (χ2n) is 30.7. The van der Waals surface area contributed by atoms with Crippen molar-refractivity contribution in [3.05, 3.63) is 274 Å². The number of urea groups is 3. The molecule has 0 saturated carbocycles. The summed E-state index contributed by atoms with van der Waals surface area (Å²) in [5, 5.41) is 35.2. The van der Waals surface area contributed by atoms with E-state index >= 15 is 0 Å². The maximum atomic E-state index is 13.8. The summed E-state index contributed by atoms with van der Waals surface area (Å²) in [7, 11) is 6.91. The molecule has 33 nitrogen and oxygen atoms in total. The highest BCUT2D eigenvalue weighted by molar-refractivity contribution is 6.30. The molecule has 0 radical (unpaired) electrons. The largest absolute Gasteiger partial charge is 0.508 e. The first-order chi connectivity index (χ1) is 65.8. The number of carbonyl (C=O) groups excluding carboxylic acids is 3. The highest BCUT2D eigenvalue weighted by Gasteiger charge is 2.40. The third-order valence-corrected chi connectivity index (χ3v) is 21.3. The fourth-order valence-electron chi connectivity index (χ4n) is 15.0. The van der Waals surface area contributed by atoms with Gasteiger partial charge in [0.25, 0.3) is 5.56 Å². The SMILES string of the molecule is CCNc1ccc2c(n1)N(c1ccc(OC(F)F)cc1)C(=O)N(c1ccc3nn(C)cc3c1)C2.COc1ccc(-n2c(=O)c3cnc(NCC(F)(F)F)nc3n(-c3ccc(O)cc3)c2=O)cc1.Cn1cc2cc(N3Cc4ccc(NCC(F)(F)F)nc4N(c4ccc(OC(F)F)cc4)C3=O)ccc2n1.Cn1cc2cc(N3Cc4cnc(NCC(F)(F)F)nc4N(c4ccc(Cl)cc4)C3=O)ccc2n1. The summed E-state index contributed by atoms with van der Waals surface area (Å²) in [6, 6.07) is 51.4. The number of hydrogen-bond acceptors (Lipinski definition) is 22. The van der Waals surface area contributed by atoms with E-state index in [1.807, 2.05) is 81.2 Å². The van der Waals surface area contributed by atoms with Crippen LogP contribution in [0.5, 0.6) is 23.0 Å². The number of nitrogens with zero attached hydrogens (tertiary/aromatic N) is 20. The molecule has 138 heavy (non-hydrogen) atoms. The normalized spacial score (nSPS) is 13.2. The fraction of sp³-hybridized carbons (Fsp3) is 0.187. The summed E-state index contributed by atoms with van der Waals surface area (Å²) in [5.41, 5.74) is 6.17. The molecule has 3 aliphatic heterocycles. The van der Waals surface area contributed by atoms with Crippen molar-refractivity contribution in [1.82, 2.24) is 68.4 Å². The zero-order valence-corrected chi connectivity index (χ0v) is 73.2. The van der Waals surface area contributed by atoms with Gasteiger partial charge in [-0.05, 0) is 207 Å². The number of alkyl halides is 13. The third-order valence-electron chi connectivity index (χ3n) is 21.1. The van der Waals surface area contributed by atoms with Crippen LogP contribution in [0.3, 0.4) is 0 Å². The molecule has 0 saturated heterocycles. The Hall–Kier alpha value is -16.8. The first kappa shape index (κ1) is 94.4. The van der Waals surface area contributed by atoms with Crippen LogP contribution in [0.25, 0.3) is 55.1 Å². The van der Waals surface area contributed by atoms with E-state index in [1.54, 1.807) is 116 Å². The van der Waals surface area contributed by atoms with Crippen molar-refractivity contribution in [3.63, 3.8) is 0 Å². The number of methoxy groups -OCH3 is 1. The summed E-state index contributed by atoms with van der Waals surface area (Å²) >= 11 is 6.01. The topological polar surface area (TPSA) is 341 Å². The molecule has 5 N–H and O–H groups in total. The number of phenolic OH excluding ortho intramolecular Hbond substituents is 1. The average molecular weight is 1930 g/mol. The highest BCUT2D eigenvalue weighted by atomic mass is 35.5. The molecule has 0 aliphatic carbocycles. The number of hydrogen-bond donors (Lipinski definition) is 5. The molecule has 0 bridgehead atoms. The van der Waals surface area contributed by atoms with E-state index in [4.69, 9.17) is 16.3 Å². The van der Waals surface area contributed by atoms with Crippen molar-refractivity contribution in [2.75, 3.05) is 84.0 Å². The van der Waals surface area contributed by atoms with E-state index in [0.29, 0.717) is 69.4 Å². The minimum atomic E-state index is -4.52. The number of aromatic nitrogens is 14. The van der Waals surface area contributed by atoms with E-state index in [1.165, 1.54) is 112 Å². The predicted molar refractivity (Wildman–Crippen MR) is 488 cm³/mol. The molecule has 6 amide bonds. The fourth-order valence-corrected chi connectivity index (χ4v) is 15.1. The summed E-state index contributed by atoms with van der Waals surface area (Å²) in [4.78, 5) is 102. The lowest BCUT2D eigenvalue weighted by Gasteiger charge is -2.36. The Balaban J connectivity index is 0.000000133. The maximum absolute atomic E-state index is 13.8. The van der Waals surface area contributed by atoms with Crippen molar-refractivity contribution in [3.8, 4) is 34.4 Å².